The Kier molecular flexibility index (Phi) is 17.1. The molecule has 0 amide bonds. The highest BCUT2D eigenvalue weighted by atomic mass is 19.1. The van der Waals surface area contributed by atoms with Gasteiger partial charge in [-0.1, -0.05) is 195 Å². The maximum atomic E-state index is 16.1. The number of allylic oxidation sites excluding steroid dienone is 2. The first-order valence-electron chi connectivity index (χ1n) is 33.0. The smallest absolute Gasteiger partial charge is 0.218 e. The summed E-state index contributed by atoms with van der Waals surface area (Å²) in [5, 5.41) is 31.6. The van der Waals surface area contributed by atoms with E-state index in [2.05, 4.69) is 246 Å². The molecule has 91 heavy (non-hydrogen) atoms. The molecule has 0 saturated carbocycles. The topological polar surface area (TPSA) is 68.8 Å². The van der Waals surface area contributed by atoms with Crippen LogP contribution in [0.25, 0.3) is 66.0 Å². The summed E-state index contributed by atoms with van der Waals surface area (Å²) in [6.45, 7) is 49.4. The van der Waals surface area contributed by atoms with E-state index in [1.54, 1.807) is 12.1 Å². The molecule has 2 atom stereocenters. The first-order chi connectivity index (χ1) is 41.9. The maximum Gasteiger partial charge on any atom is 0.218 e. The number of aromatic hydroxyl groups is 1. The molecule has 8 heteroatoms. The van der Waals surface area contributed by atoms with Gasteiger partial charge >= 0.3 is 0 Å². The summed E-state index contributed by atoms with van der Waals surface area (Å²) in [6.07, 6.45) is 6.18. The van der Waals surface area contributed by atoms with Crippen LogP contribution < -0.4 is 4.74 Å². The predicted octanol–water partition coefficient (Wildman–Crippen LogP) is 22.6. The van der Waals surface area contributed by atoms with Crippen LogP contribution in [-0.2, 0) is 31.8 Å². The molecule has 0 radical (unpaired) electrons. The Morgan fingerprint density at radius 1 is 0.473 bits per heavy atom. The largest absolute Gasteiger partial charge is 0.505 e. The zero-order valence-electron chi connectivity index (χ0n) is 58.8. The Morgan fingerprint density at radius 2 is 0.934 bits per heavy atom. The Balaban J connectivity index is 1.09. The van der Waals surface area contributed by atoms with Crippen LogP contribution in [0.3, 0.4) is 0 Å². The molecule has 0 saturated heterocycles. The maximum absolute atomic E-state index is 16.1. The number of nitrogens with zero attached hydrogens (tertiary/aromatic N) is 2. The zero-order valence-corrected chi connectivity index (χ0v) is 58.8. The molecule has 2 heterocycles. The van der Waals surface area contributed by atoms with Crippen molar-refractivity contribution in [3.8, 4) is 28.3 Å². The van der Waals surface area contributed by atoms with Gasteiger partial charge in [-0.3, -0.25) is 0 Å². The molecule has 6 nitrogen and oxygen atoms in total. The lowest BCUT2D eigenvalue weighted by molar-refractivity contribution is -0.179. The van der Waals surface area contributed by atoms with Crippen molar-refractivity contribution in [1.82, 2.24) is 9.13 Å². The number of benzene rings is 7. The number of phenols is 1. The van der Waals surface area contributed by atoms with Crippen molar-refractivity contribution in [3.63, 3.8) is 0 Å². The van der Waals surface area contributed by atoms with E-state index in [-0.39, 0.29) is 56.9 Å². The first-order valence-corrected chi connectivity index (χ1v) is 33.0. The van der Waals surface area contributed by atoms with Crippen LogP contribution in [-0.4, -0.2) is 38.3 Å². The SMILES string of the molecule is CC(C)(C)CC(C)(C)C1=CC(n2c3ccc(C(C)(C)C)cc3c3cc(C(C)(C)C)ccc32)C(O)(OCCCOc2ccc(F)cc2-c2cc(C(C)(C)CC(C)(C)C)cc(-n3c4ccc(C(C)(C)C)cc4c4cc(C(C)(C)C)ccc43)c2O)C(c2cccc(F)c2)=C1. The van der Waals surface area contributed by atoms with Gasteiger partial charge in [-0.05, 0) is 192 Å². The van der Waals surface area contributed by atoms with Crippen molar-refractivity contribution in [2.24, 2.45) is 16.2 Å². The quantitative estimate of drug-likeness (QED) is 0.0841. The van der Waals surface area contributed by atoms with E-state index in [1.807, 2.05) is 18.2 Å². The third-order valence-electron chi connectivity index (χ3n) is 18.8. The number of rotatable bonds is 14. The molecule has 2 aromatic heterocycles. The van der Waals surface area contributed by atoms with E-state index >= 15 is 8.78 Å². The number of hydrogen-bond donors (Lipinski definition) is 2. The normalized spacial score (nSPS) is 16.8. The zero-order chi connectivity index (χ0) is 66.7. The molecule has 0 fully saturated rings. The first kappa shape index (κ1) is 66.9. The summed E-state index contributed by atoms with van der Waals surface area (Å²) < 4.78 is 50.2. The predicted molar refractivity (Wildman–Crippen MR) is 380 cm³/mol. The van der Waals surface area contributed by atoms with Gasteiger partial charge < -0.3 is 28.8 Å². The Hall–Kier alpha value is -7.00. The minimum absolute atomic E-state index is 0.00216. The fourth-order valence-electron chi connectivity index (χ4n) is 14.6. The highest BCUT2D eigenvalue weighted by Crippen LogP contribution is 2.53. The van der Waals surface area contributed by atoms with Gasteiger partial charge in [0.05, 0.1) is 29.9 Å². The summed E-state index contributed by atoms with van der Waals surface area (Å²) in [4.78, 5) is 0. The number of ether oxygens (including phenoxy) is 2. The molecule has 0 aliphatic heterocycles. The van der Waals surface area contributed by atoms with Crippen LogP contribution >= 0.6 is 0 Å². The summed E-state index contributed by atoms with van der Waals surface area (Å²) in [5.74, 6) is -2.55. The van der Waals surface area contributed by atoms with Gasteiger partial charge in [-0.15, -0.1) is 0 Å². The number of hydrogen-bond acceptors (Lipinski definition) is 4. The van der Waals surface area contributed by atoms with Crippen molar-refractivity contribution < 1.29 is 28.5 Å². The number of fused-ring (bicyclic) bond motifs is 6. The second kappa shape index (κ2) is 23.2. The molecule has 1 aliphatic carbocycles. The van der Waals surface area contributed by atoms with Crippen LogP contribution in [0.15, 0.2) is 145 Å². The second-order valence-electron chi connectivity index (χ2n) is 34.3. The van der Waals surface area contributed by atoms with Crippen molar-refractivity contribution in [2.75, 3.05) is 13.2 Å². The summed E-state index contributed by atoms with van der Waals surface area (Å²) in [6, 6.07) is 41.0. The molecule has 0 spiro atoms. The number of aromatic nitrogens is 2. The third-order valence-corrected chi connectivity index (χ3v) is 18.8. The summed E-state index contributed by atoms with van der Waals surface area (Å²) in [5.41, 5.74) is 11.7. The monoisotopic (exact) mass is 1230 g/mol. The van der Waals surface area contributed by atoms with Crippen LogP contribution in [0.4, 0.5) is 8.78 Å². The molecular weight excluding hydrogens is 1130 g/mol. The van der Waals surface area contributed by atoms with Gasteiger partial charge in [-0.2, -0.15) is 0 Å². The average molecular weight is 1230 g/mol. The Morgan fingerprint density at radius 3 is 1.41 bits per heavy atom. The minimum atomic E-state index is -2.04. The molecule has 7 aromatic carbocycles. The van der Waals surface area contributed by atoms with Gasteiger partial charge in [0.1, 0.15) is 29.2 Å². The minimum Gasteiger partial charge on any atom is -0.505 e. The van der Waals surface area contributed by atoms with E-state index in [0.29, 0.717) is 40.1 Å². The molecule has 1 aliphatic rings. The van der Waals surface area contributed by atoms with E-state index < -0.39 is 28.9 Å². The molecule has 2 unspecified atom stereocenters. The lowest BCUT2D eigenvalue weighted by atomic mass is 9.68. The number of halogens is 2. The third kappa shape index (κ3) is 13.5. The Bertz CT molecular complexity index is 4190. The Labute approximate surface area is 542 Å². The van der Waals surface area contributed by atoms with Crippen LogP contribution in [0.1, 0.15) is 211 Å². The lowest BCUT2D eigenvalue weighted by Crippen LogP contribution is -2.45. The van der Waals surface area contributed by atoms with Crippen molar-refractivity contribution in [3.05, 3.63) is 190 Å². The van der Waals surface area contributed by atoms with Crippen molar-refractivity contribution in [2.45, 2.75) is 210 Å². The van der Waals surface area contributed by atoms with Gasteiger partial charge in [0.25, 0.3) is 0 Å². The average Bonchev–Trinajstić information content (AvgIpc) is 1.64. The summed E-state index contributed by atoms with van der Waals surface area (Å²) >= 11 is 0. The highest BCUT2D eigenvalue weighted by Gasteiger charge is 2.48. The number of phenolic OH excluding ortho intramolecular Hbond substituents is 1. The molecule has 10 rings (SSSR count). The standard InChI is InChI=1S/C83H102F2N2O4/c1-75(2,3)49-81(19,20)56-44-65(74(88)71(46-56)86-67-32-27-52(77(7,8)9)40-60(67)61-41-53(78(10,11)12)28-33-68(61)86)64-48-59(85)31-36-72(64)90-37-24-38-91-83(89)66(51-25-23-26-58(84)39-51)45-57(82(21,22)50-76(4,5)6)47-73(83)87-69-34-29-54(79(13,14)15)42-62(69)63-43-55(80(16,17)18)30-35-70(63)87/h23,25-36,39-48,73,88-89H,24,37-38,49-50H2,1-22H3. The van der Waals surface area contributed by atoms with Gasteiger partial charge in [0.2, 0.25) is 5.79 Å². The second-order valence-corrected chi connectivity index (χ2v) is 34.3. The van der Waals surface area contributed by atoms with Crippen LogP contribution in [0, 0.1) is 27.9 Å². The molecule has 9 aromatic rings. The van der Waals surface area contributed by atoms with Gasteiger partial charge in [0, 0.05) is 55.7 Å². The molecular formula is C83H102F2N2O4. The number of aliphatic hydroxyl groups is 1. The lowest BCUT2D eigenvalue weighted by Gasteiger charge is -2.44. The summed E-state index contributed by atoms with van der Waals surface area (Å²) in [7, 11) is 0. The van der Waals surface area contributed by atoms with E-state index in [9.17, 15) is 10.2 Å². The van der Waals surface area contributed by atoms with E-state index in [0.717, 1.165) is 67.6 Å². The van der Waals surface area contributed by atoms with Gasteiger partial charge in [0.15, 0.2) is 0 Å². The fourth-order valence-corrected chi connectivity index (χ4v) is 14.6. The van der Waals surface area contributed by atoms with Crippen LogP contribution in [0.2, 0.25) is 0 Å². The van der Waals surface area contributed by atoms with Crippen LogP contribution in [0.5, 0.6) is 11.5 Å². The highest BCUT2D eigenvalue weighted by molar-refractivity contribution is 6.11. The van der Waals surface area contributed by atoms with Crippen molar-refractivity contribution >= 4 is 49.2 Å². The molecule has 0 bridgehead atoms. The molecule has 2 N–H and O–H groups in total. The molecule has 482 valence electrons. The van der Waals surface area contributed by atoms with Crippen molar-refractivity contribution in [1.29, 1.82) is 0 Å². The van der Waals surface area contributed by atoms with E-state index in [1.165, 1.54) is 46.5 Å². The fraction of sp³-hybridized carbons (Fsp3) is 0.446. The van der Waals surface area contributed by atoms with E-state index in [4.69, 9.17) is 9.47 Å². The van der Waals surface area contributed by atoms with Gasteiger partial charge in [-0.25, -0.2) is 8.78 Å².